The Morgan fingerprint density at radius 3 is 2.50 bits per heavy atom. The predicted octanol–water partition coefficient (Wildman–Crippen LogP) is 7.98. The number of pyridine rings is 1. The van der Waals surface area contributed by atoms with E-state index in [0.29, 0.717) is 18.5 Å². The number of amides is 2. The van der Waals surface area contributed by atoms with Crippen LogP contribution in [0.25, 0.3) is 22.0 Å². The number of carbonyl (C=O) groups is 2. The van der Waals surface area contributed by atoms with Crippen LogP contribution in [0.2, 0.25) is 5.02 Å². The summed E-state index contributed by atoms with van der Waals surface area (Å²) in [4.78, 5) is 30.0. The first-order valence-corrected chi connectivity index (χ1v) is 16.6. The maximum absolute atomic E-state index is 15.4. The summed E-state index contributed by atoms with van der Waals surface area (Å²) in [6, 6.07) is 10.4. The highest BCUT2D eigenvalue weighted by Crippen LogP contribution is 2.42. The number of hydrogen-bond donors (Lipinski definition) is 1. The highest BCUT2D eigenvalue weighted by molar-refractivity contribution is 6.32. The number of allylic oxidation sites excluding steroid dienone is 1. The molecule has 2 aromatic heterocycles. The molecule has 2 aromatic carbocycles. The lowest BCUT2D eigenvalue weighted by atomic mass is 9.88. The molecule has 0 spiro atoms. The highest BCUT2D eigenvalue weighted by Gasteiger charge is 2.33. The van der Waals surface area contributed by atoms with Gasteiger partial charge in [-0.2, -0.15) is 17.6 Å². The van der Waals surface area contributed by atoms with Crippen LogP contribution in [0.1, 0.15) is 48.6 Å². The normalized spacial score (nSPS) is 15.5. The maximum Gasteiger partial charge on any atom is 0.407 e. The molecular formula is C36H35ClF5N5O5. The Kier molecular flexibility index (Phi) is 12.2. The quantitative estimate of drug-likeness (QED) is 0.0890. The molecule has 0 radical (unpaired) electrons. The van der Waals surface area contributed by atoms with Gasteiger partial charge < -0.3 is 24.4 Å². The summed E-state index contributed by atoms with van der Waals surface area (Å²) in [6.07, 6.45) is -1.69. The van der Waals surface area contributed by atoms with E-state index >= 15 is 4.39 Å². The summed E-state index contributed by atoms with van der Waals surface area (Å²) in [5.74, 6) is -1.85. The number of benzene rings is 2. The number of rotatable bonds is 12. The van der Waals surface area contributed by atoms with Crippen LogP contribution in [-0.4, -0.2) is 88.2 Å². The average Bonchev–Trinajstić information content (AvgIpc) is 3.43. The molecule has 2 amide bonds. The number of fused-ring (bicyclic) bond motifs is 1. The van der Waals surface area contributed by atoms with E-state index < -0.39 is 36.7 Å². The zero-order valence-electron chi connectivity index (χ0n) is 28.2. The lowest BCUT2D eigenvalue weighted by Crippen LogP contribution is -2.33. The number of carbonyl (C=O) groups excluding carboxylic acids is 1. The first-order valence-electron chi connectivity index (χ1n) is 16.2. The van der Waals surface area contributed by atoms with E-state index in [1.165, 1.54) is 52.2 Å². The fraction of sp³-hybridized carbons (Fsp3) is 0.333. The minimum atomic E-state index is -4.74. The van der Waals surface area contributed by atoms with E-state index in [9.17, 15) is 32.3 Å². The molecule has 52 heavy (non-hydrogen) atoms. The molecule has 16 heteroatoms. The molecule has 1 unspecified atom stereocenters. The Morgan fingerprint density at radius 1 is 1.10 bits per heavy atom. The van der Waals surface area contributed by atoms with E-state index in [4.69, 9.17) is 21.1 Å². The second kappa shape index (κ2) is 16.5. The maximum atomic E-state index is 15.4. The number of alkyl halides is 3. The molecule has 3 heterocycles. The summed E-state index contributed by atoms with van der Waals surface area (Å²) in [5, 5.41) is 13.4. The zero-order chi connectivity index (χ0) is 37.6. The van der Waals surface area contributed by atoms with Crippen molar-refractivity contribution in [3.63, 3.8) is 0 Å². The van der Waals surface area contributed by atoms with Gasteiger partial charge in [0, 0.05) is 51.1 Å². The molecule has 1 atom stereocenters. The number of aromatic nitrogens is 3. The standard InChI is InChI=1S/C36H35ClF5N5O5/c1-45(2)31(48)6-5-14-46(35(49)50)15-17-51-30-13-9-23(21-43-30)33(27(20-36(40,41)42)25-11-10-24(38)19-28(25)37)22-8-12-29-26(18-22)34(39)44-47(29)32-7-3-4-16-52-32/h5-6,8-13,18-19,21,32H,3-4,7,14-17,20H2,1-2H3,(H,49,50)/b6-5+,33-27-. The Bertz CT molecular complexity index is 1970. The Hall–Kier alpha value is -5.02. The van der Waals surface area contributed by atoms with Gasteiger partial charge in [0.25, 0.3) is 0 Å². The molecule has 1 aliphatic rings. The van der Waals surface area contributed by atoms with Gasteiger partial charge in [-0.25, -0.2) is 18.9 Å². The van der Waals surface area contributed by atoms with Gasteiger partial charge in [0.15, 0.2) is 6.23 Å². The smallest absolute Gasteiger partial charge is 0.407 e. The van der Waals surface area contributed by atoms with Crippen LogP contribution < -0.4 is 4.74 Å². The van der Waals surface area contributed by atoms with Crippen LogP contribution in [0, 0.1) is 11.8 Å². The zero-order valence-corrected chi connectivity index (χ0v) is 28.9. The number of likely N-dealkylation sites (N-methyl/N-ethyl adjacent to an activating group) is 1. The Morgan fingerprint density at radius 2 is 1.87 bits per heavy atom. The topological polar surface area (TPSA) is 110 Å². The van der Waals surface area contributed by atoms with Gasteiger partial charge in [-0.15, -0.1) is 5.10 Å². The third kappa shape index (κ3) is 9.44. The molecule has 0 bridgehead atoms. The lowest BCUT2D eigenvalue weighted by Gasteiger charge is -2.23. The van der Waals surface area contributed by atoms with E-state index in [1.54, 1.807) is 20.2 Å². The molecule has 10 nitrogen and oxygen atoms in total. The number of ether oxygens (including phenoxy) is 2. The van der Waals surface area contributed by atoms with Gasteiger partial charge in [-0.1, -0.05) is 29.8 Å². The van der Waals surface area contributed by atoms with Gasteiger partial charge in [0.2, 0.25) is 17.7 Å². The van der Waals surface area contributed by atoms with Crippen LogP contribution in [0.3, 0.4) is 0 Å². The largest absolute Gasteiger partial charge is 0.476 e. The molecule has 0 aliphatic carbocycles. The molecule has 4 aromatic rings. The predicted molar refractivity (Wildman–Crippen MR) is 184 cm³/mol. The molecule has 0 saturated carbocycles. The monoisotopic (exact) mass is 747 g/mol. The summed E-state index contributed by atoms with van der Waals surface area (Å²) in [7, 11) is 3.12. The van der Waals surface area contributed by atoms with Crippen LogP contribution in [0.15, 0.2) is 66.9 Å². The van der Waals surface area contributed by atoms with E-state index in [1.807, 2.05) is 0 Å². The van der Waals surface area contributed by atoms with Crippen molar-refractivity contribution in [3.05, 3.63) is 100 Å². The summed E-state index contributed by atoms with van der Waals surface area (Å²) in [6.45, 7) is 0.184. The molecule has 1 saturated heterocycles. The fourth-order valence-electron chi connectivity index (χ4n) is 5.73. The van der Waals surface area contributed by atoms with Gasteiger partial charge in [0.05, 0.1) is 28.9 Å². The molecular weight excluding hydrogens is 713 g/mol. The van der Waals surface area contributed by atoms with Crippen LogP contribution in [-0.2, 0) is 9.53 Å². The first kappa shape index (κ1) is 38.2. The number of hydrogen-bond acceptors (Lipinski definition) is 6. The van der Waals surface area contributed by atoms with Crippen molar-refractivity contribution in [2.45, 2.75) is 38.1 Å². The van der Waals surface area contributed by atoms with E-state index in [-0.39, 0.29) is 69.7 Å². The van der Waals surface area contributed by atoms with E-state index in [0.717, 1.165) is 35.9 Å². The Labute approximate surface area is 300 Å². The molecule has 276 valence electrons. The second-order valence-electron chi connectivity index (χ2n) is 12.2. The van der Waals surface area contributed by atoms with Gasteiger partial charge in [0.1, 0.15) is 12.4 Å². The molecule has 1 fully saturated rings. The van der Waals surface area contributed by atoms with Crippen molar-refractivity contribution in [2.75, 3.05) is 40.4 Å². The third-order valence-corrected chi connectivity index (χ3v) is 8.56. The average molecular weight is 748 g/mol. The van der Waals surface area contributed by atoms with Crippen molar-refractivity contribution >= 4 is 45.7 Å². The lowest BCUT2D eigenvalue weighted by molar-refractivity contribution is -0.124. The van der Waals surface area contributed by atoms with Crippen LogP contribution >= 0.6 is 11.6 Å². The highest BCUT2D eigenvalue weighted by atomic mass is 35.5. The number of nitrogens with zero attached hydrogens (tertiary/aromatic N) is 5. The van der Waals surface area contributed by atoms with Crippen LogP contribution in [0.5, 0.6) is 5.88 Å². The van der Waals surface area contributed by atoms with Crippen molar-refractivity contribution < 1.29 is 46.1 Å². The van der Waals surface area contributed by atoms with E-state index in [2.05, 4.69) is 10.1 Å². The van der Waals surface area contributed by atoms with Gasteiger partial charge in [-0.3, -0.25) is 4.79 Å². The number of carboxylic acid groups (broad SMARTS) is 1. The first-order chi connectivity index (χ1) is 24.7. The molecule has 5 rings (SSSR count). The Balaban J connectivity index is 1.52. The summed E-state index contributed by atoms with van der Waals surface area (Å²) >= 11 is 6.34. The fourth-order valence-corrected chi connectivity index (χ4v) is 6.01. The SMILES string of the molecule is CN(C)C(=O)/C=C/CN(CCOc1ccc(/C(=C(/CC(F)(F)F)c2ccc(F)cc2Cl)c2ccc3c(c2)c(F)nn3C2CCCCO2)cn1)C(=O)O. The summed E-state index contributed by atoms with van der Waals surface area (Å²) < 4.78 is 85.1. The van der Waals surface area contributed by atoms with Gasteiger partial charge >= 0.3 is 12.3 Å². The second-order valence-corrected chi connectivity index (χ2v) is 12.6. The van der Waals surface area contributed by atoms with Crippen LogP contribution in [0.4, 0.5) is 26.7 Å². The van der Waals surface area contributed by atoms with Gasteiger partial charge in [-0.05, 0) is 71.9 Å². The molecule has 1 N–H and O–H groups in total. The van der Waals surface area contributed by atoms with Crippen molar-refractivity contribution in [1.82, 2.24) is 24.6 Å². The van der Waals surface area contributed by atoms with Crippen molar-refractivity contribution in [3.8, 4) is 5.88 Å². The third-order valence-electron chi connectivity index (χ3n) is 8.25. The van der Waals surface area contributed by atoms with Crippen molar-refractivity contribution in [2.24, 2.45) is 0 Å². The molecule has 1 aliphatic heterocycles. The minimum absolute atomic E-state index is 0.00367. The minimum Gasteiger partial charge on any atom is -0.476 e. The van der Waals surface area contributed by atoms with Crippen molar-refractivity contribution in [1.29, 1.82) is 0 Å². The summed E-state index contributed by atoms with van der Waals surface area (Å²) in [5.41, 5.74) is 0.359. The number of halogens is 6.